The Kier molecular flexibility index (Phi) is 6.69. The van der Waals surface area contributed by atoms with Crippen LogP contribution >= 0.6 is 11.8 Å². The van der Waals surface area contributed by atoms with Crippen molar-refractivity contribution in [3.63, 3.8) is 0 Å². The highest BCUT2D eigenvalue weighted by Gasteiger charge is 2.35. The molecule has 10 nitrogen and oxygen atoms in total. The van der Waals surface area contributed by atoms with E-state index in [4.69, 9.17) is 5.10 Å². The van der Waals surface area contributed by atoms with Gasteiger partial charge in [-0.2, -0.15) is 4.98 Å². The van der Waals surface area contributed by atoms with Crippen molar-refractivity contribution in [3.8, 4) is 0 Å². The Morgan fingerprint density at radius 3 is 2.57 bits per heavy atom. The largest absolute Gasteiger partial charge is 0.328 e. The van der Waals surface area contributed by atoms with Gasteiger partial charge in [-0.1, -0.05) is 48.2 Å². The van der Waals surface area contributed by atoms with E-state index < -0.39 is 11.0 Å². The molecule has 4 aromatic rings. The van der Waals surface area contributed by atoms with Crippen molar-refractivity contribution in [1.29, 1.82) is 0 Å². The van der Waals surface area contributed by atoms with Crippen molar-refractivity contribution in [2.45, 2.75) is 30.8 Å². The van der Waals surface area contributed by atoms with E-state index >= 15 is 0 Å². The third kappa shape index (κ3) is 5.07. The summed E-state index contributed by atoms with van der Waals surface area (Å²) in [6.45, 7) is 3.78. The van der Waals surface area contributed by atoms with Crippen LogP contribution in [0, 0.1) is 17.0 Å². The van der Waals surface area contributed by atoms with Gasteiger partial charge in [0.2, 0.25) is 11.1 Å². The van der Waals surface area contributed by atoms with Crippen LogP contribution in [0.1, 0.15) is 29.8 Å². The van der Waals surface area contributed by atoms with Gasteiger partial charge < -0.3 is 10.6 Å². The molecule has 2 N–H and O–H groups in total. The molecule has 0 spiro atoms. The average molecular weight is 514 g/mol. The molecule has 11 heteroatoms. The Bertz CT molecular complexity index is 1500. The fourth-order valence-electron chi connectivity index (χ4n) is 4.06. The van der Waals surface area contributed by atoms with Crippen molar-refractivity contribution < 1.29 is 9.72 Å². The number of anilines is 2. The van der Waals surface area contributed by atoms with Crippen LogP contribution in [0.4, 0.5) is 17.3 Å². The van der Waals surface area contributed by atoms with Gasteiger partial charge in [0.25, 0.3) is 11.6 Å². The lowest BCUT2D eigenvalue weighted by molar-refractivity contribution is -0.384. The third-order valence-corrected chi connectivity index (χ3v) is 6.86. The van der Waals surface area contributed by atoms with Crippen molar-refractivity contribution in [1.82, 2.24) is 19.7 Å². The molecule has 5 rings (SSSR count). The molecule has 1 aliphatic rings. The lowest BCUT2D eigenvalue weighted by Gasteiger charge is -2.28. The lowest BCUT2D eigenvalue weighted by Crippen LogP contribution is -2.32. The summed E-state index contributed by atoms with van der Waals surface area (Å²) < 4.78 is 1.68. The maximum Gasteiger partial charge on any atom is 0.269 e. The van der Waals surface area contributed by atoms with Gasteiger partial charge in [0.15, 0.2) is 0 Å². The third-order valence-electron chi connectivity index (χ3n) is 5.95. The number of hydrogen-bond acceptors (Lipinski definition) is 8. The Hall–Kier alpha value is -4.51. The van der Waals surface area contributed by atoms with Gasteiger partial charge in [-0.3, -0.25) is 19.9 Å². The number of carbonyl (C=O) groups excluding carboxylic acids is 1. The van der Waals surface area contributed by atoms with Gasteiger partial charge in [-0.15, -0.1) is 5.10 Å². The summed E-state index contributed by atoms with van der Waals surface area (Å²) in [6, 6.07) is 19.0. The molecule has 0 saturated heterocycles. The fourth-order valence-corrected chi connectivity index (χ4v) is 4.85. The maximum atomic E-state index is 13.6. The quantitative estimate of drug-likeness (QED) is 0.198. The molecular weight excluding hydrogens is 490 g/mol. The van der Waals surface area contributed by atoms with E-state index in [0.29, 0.717) is 33.8 Å². The van der Waals surface area contributed by atoms with Crippen LogP contribution in [-0.2, 0) is 10.5 Å². The molecule has 0 radical (unpaired) electrons. The van der Waals surface area contributed by atoms with Crippen molar-refractivity contribution >= 4 is 35.0 Å². The van der Waals surface area contributed by atoms with E-state index in [-0.39, 0.29) is 11.6 Å². The van der Waals surface area contributed by atoms with E-state index in [0.717, 1.165) is 16.8 Å². The number of nitrogens with one attached hydrogen (secondary N) is 2. The molecule has 1 unspecified atom stereocenters. The Morgan fingerprint density at radius 1 is 1.11 bits per heavy atom. The molecule has 1 amide bonds. The first-order chi connectivity index (χ1) is 17.9. The summed E-state index contributed by atoms with van der Waals surface area (Å²) in [5, 5.41) is 22.4. The molecule has 0 saturated carbocycles. The monoisotopic (exact) mass is 513 g/mol. The molecule has 3 heterocycles. The molecule has 0 aliphatic carbocycles. The molecule has 0 bridgehead atoms. The fraction of sp³-hybridized carbons (Fsp3) is 0.154. The number of hydrogen-bond donors (Lipinski definition) is 2. The van der Waals surface area contributed by atoms with Gasteiger partial charge in [0, 0.05) is 35.5 Å². The van der Waals surface area contributed by atoms with Crippen LogP contribution in [0.15, 0.2) is 89.4 Å². The number of pyridine rings is 1. The second kappa shape index (κ2) is 10.2. The number of amides is 1. The minimum atomic E-state index is -0.581. The number of fused-ring (bicyclic) bond motifs is 1. The van der Waals surface area contributed by atoms with Gasteiger partial charge in [0.05, 0.1) is 16.2 Å². The van der Waals surface area contributed by atoms with Crippen LogP contribution in [0.5, 0.6) is 0 Å². The molecular formula is C26H23N7O3S. The average Bonchev–Trinajstić information content (AvgIpc) is 3.31. The summed E-state index contributed by atoms with van der Waals surface area (Å²) in [5.41, 5.74) is 4.46. The van der Waals surface area contributed by atoms with Crippen LogP contribution in [0.3, 0.4) is 0 Å². The second-order valence-corrected chi connectivity index (χ2v) is 9.41. The van der Waals surface area contributed by atoms with Gasteiger partial charge in [-0.05, 0) is 43.2 Å². The predicted molar refractivity (Wildman–Crippen MR) is 141 cm³/mol. The standard InChI is InChI=1S/C26H23N7O3S/c1-16-7-3-4-8-20(16)29-24(34)22-17(2)28-25-30-26(31-32(25)23(22)21-9-5-6-14-27-21)37-15-18-10-12-19(13-11-18)33(35)36/h3-14,23H,15H2,1-2H3,(H,29,34)(H,28,30,31). The van der Waals surface area contributed by atoms with E-state index in [1.165, 1.54) is 23.9 Å². The number of aryl methyl sites for hydroxylation is 1. The first-order valence-electron chi connectivity index (χ1n) is 11.5. The van der Waals surface area contributed by atoms with Crippen LogP contribution in [-0.4, -0.2) is 30.6 Å². The van der Waals surface area contributed by atoms with E-state index in [9.17, 15) is 14.9 Å². The number of rotatable bonds is 7. The number of benzene rings is 2. The summed E-state index contributed by atoms with van der Waals surface area (Å²) in [4.78, 5) is 33.2. The van der Waals surface area contributed by atoms with Crippen molar-refractivity contribution in [2.75, 3.05) is 10.6 Å². The topological polar surface area (TPSA) is 128 Å². The number of nitro groups is 1. The first-order valence-corrected chi connectivity index (χ1v) is 12.5. The zero-order valence-electron chi connectivity index (χ0n) is 20.1. The lowest BCUT2D eigenvalue weighted by atomic mass is 9.98. The molecule has 1 aliphatic heterocycles. The maximum absolute atomic E-state index is 13.6. The van der Waals surface area contributed by atoms with Gasteiger partial charge in [0.1, 0.15) is 6.04 Å². The number of aromatic nitrogens is 4. The van der Waals surface area contributed by atoms with Crippen LogP contribution in [0.25, 0.3) is 0 Å². The van der Waals surface area contributed by atoms with Gasteiger partial charge in [-0.25, -0.2) is 4.68 Å². The van der Waals surface area contributed by atoms with Crippen molar-refractivity contribution in [2.24, 2.45) is 0 Å². The summed E-state index contributed by atoms with van der Waals surface area (Å²) in [7, 11) is 0. The zero-order chi connectivity index (χ0) is 25.9. The Morgan fingerprint density at radius 2 is 1.86 bits per heavy atom. The highest BCUT2D eigenvalue weighted by atomic mass is 32.2. The minimum absolute atomic E-state index is 0.0461. The smallest absolute Gasteiger partial charge is 0.269 e. The highest BCUT2D eigenvalue weighted by Crippen LogP contribution is 2.36. The molecule has 37 heavy (non-hydrogen) atoms. The number of nitrogens with zero attached hydrogens (tertiary/aromatic N) is 5. The number of nitro benzene ring substituents is 1. The molecule has 0 fully saturated rings. The molecule has 1 atom stereocenters. The normalized spacial score (nSPS) is 14.6. The summed E-state index contributed by atoms with van der Waals surface area (Å²) in [6.07, 6.45) is 1.68. The highest BCUT2D eigenvalue weighted by molar-refractivity contribution is 7.98. The predicted octanol–water partition coefficient (Wildman–Crippen LogP) is 5.11. The number of para-hydroxylation sites is 1. The van der Waals surface area contributed by atoms with E-state index in [1.54, 1.807) is 23.0 Å². The Labute approximate surface area is 217 Å². The summed E-state index contributed by atoms with van der Waals surface area (Å²) in [5.74, 6) is 0.783. The number of carbonyl (C=O) groups is 1. The Balaban J connectivity index is 1.44. The van der Waals surface area contributed by atoms with Crippen LogP contribution < -0.4 is 10.6 Å². The SMILES string of the molecule is CC1=C(C(=O)Nc2ccccc2C)C(c2ccccn2)n2nc(SCc3ccc([N+](=O)[O-])cc3)nc2N1. The minimum Gasteiger partial charge on any atom is -0.328 e. The summed E-state index contributed by atoms with van der Waals surface area (Å²) >= 11 is 1.40. The second-order valence-electron chi connectivity index (χ2n) is 8.46. The molecule has 2 aromatic heterocycles. The zero-order valence-corrected chi connectivity index (χ0v) is 20.9. The number of non-ortho nitro benzene ring substituents is 1. The van der Waals surface area contributed by atoms with Crippen LogP contribution in [0.2, 0.25) is 0 Å². The molecule has 186 valence electrons. The molecule has 2 aromatic carbocycles. The number of thioether (sulfide) groups is 1. The first kappa shape index (κ1) is 24.2. The van der Waals surface area contributed by atoms with E-state index in [1.807, 2.05) is 56.3 Å². The van der Waals surface area contributed by atoms with E-state index in [2.05, 4.69) is 20.6 Å². The number of allylic oxidation sites excluding steroid dienone is 1. The van der Waals surface area contributed by atoms with Crippen molar-refractivity contribution in [3.05, 3.63) is 111 Å². The van der Waals surface area contributed by atoms with Gasteiger partial charge >= 0.3 is 0 Å².